The summed E-state index contributed by atoms with van der Waals surface area (Å²) in [6, 6.07) is 7.76. The second-order valence-corrected chi connectivity index (χ2v) is 4.66. The number of methoxy groups -OCH3 is 1. The Balaban J connectivity index is 2.14. The molecule has 0 fully saturated rings. The zero-order chi connectivity index (χ0) is 13.1. The number of hydrogen-bond donors (Lipinski definition) is 1. The van der Waals surface area contributed by atoms with Crippen molar-refractivity contribution in [3.05, 3.63) is 30.0 Å². The van der Waals surface area contributed by atoms with E-state index in [1.165, 1.54) is 0 Å². The van der Waals surface area contributed by atoms with Gasteiger partial charge >= 0.3 is 0 Å². The van der Waals surface area contributed by atoms with Gasteiger partial charge in [-0.2, -0.15) is 0 Å². The van der Waals surface area contributed by atoms with Crippen molar-refractivity contribution < 1.29 is 14.3 Å². The van der Waals surface area contributed by atoms with Gasteiger partial charge in [0, 0.05) is 11.9 Å². The SMILES string of the molecule is COc1ccc2oc(CN(C)CC(C)O)cc2c1. The van der Waals surface area contributed by atoms with E-state index >= 15 is 0 Å². The number of rotatable bonds is 5. The van der Waals surface area contributed by atoms with Crippen LogP contribution in [0.4, 0.5) is 0 Å². The molecule has 1 atom stereocenters. The molecule has 0 amide bonds. The first-order valence-corrected chi connectivity index (χ1v) is 6.01. The quantitative estimate of drug-likeness (QED) is 0.883. The molecule has 1 aromatic heterocycles. The number of ether oxygens (including phenoxy) is 1. The number of furan rings is 1. The molecule has 1 aromatic carbocycles. The van der Waals surface area contributed by atoms with Gasteiger partial charge in [0.15, 0.2) is 0 Å². The van der Waals surface area contributed by atoms with Gasteiger partial charge in [0.1, 0.15) is 17.1 Å². The summed E-state index contributed by atoms with van der Waals surface area (Å²) in [6.45, 7) is 3.09. The van der Waals surface area contributed by atoms with Crippen molar-refractivity contribution in [3.8, 4) is 5.75 Å². The molecule has 2 rings (SSSR count). The summed E-state index contributed by atoms with van der Waals surface area (Å²) in [7, 11) is 3.61. The third-order valence-electron chi connectivity index (χ3n) is 2.78. The highest BCUT2D eigenvalue weighted by Crippen LogP contribution is 2.24. The average Bonchev–Trinajstić information content (AvgIpc) is 2.68. The van der Waals surface area contributed by atoms with Crippen LogP contribution in [0.5, 0.6) is 5.75 Å². The van der Waals surface area contributed by atoms with Crippen molar-refractivity contribution in [3.63, 3.8) is 0 Å². The Morgan fingerprint density at radius 2 is 2.17 bits per heavy atom. The van der Waals surface area contributed by atoms with E-state index in [1.807, 2.05) is 36.2 Å². The van der Waals surface area contributed by atoms with Gasteiger partial charge < -0.3 is 14.3 Å². The molecule has 98 valence electrons. The van der Waals surface area contributed by atoms with Crippen LogP contribution < -0.4 is 4.74 Å². The predicted octanol–water partition coefficient (Wildman–Crippen LogP) is 2.25. The normalized spacial score (nSPS) is 13.2. The van der Waals surface area contributed by atoms with Crippen LogP contribution in [0.1, 0.15) is 12.7 Å². The Bertz CT molecular complexity index is 519. The van der Waals surface area contributed by atoms with E-state index in [0.717, 1.165) is 22.5 Å². The highest BCUT2D eigenvalue weighted by molar-refractivity contribution is 5.79. The van der Waals surface area contributed by atoms with Crippen LogP contribution >= 0.6 is 0 Å². The van der Waals surface area contributed by atoms with E-state index in [9.17, 15) is 5.11 Å². The predicted molar refractivity (Wildman–Crippen MR) is 70.8 cm³/mol. The van der Waals surface area contributed by atoms with Gasteiger partial charge in [-0.3, -0.25) is 4.90 Å². The minimum absolute atomic E-state index is 0.334. The lowest BCUT2D eigenvalue weighted by molar-refractivity contribution is 0.135. The van der Waals surface area contributed by atoms with E-state index in [2.05, 4.69) is 0 Å². The monoisotopic (exact) mass is 249 g/mol. The largest absolute Gasteiger partial charge is 0.497 e. The molecule has 0 aliphatic carbocycles. The Labute approximate surface area is 107 Å². The molecule has 1 heterocycles. The fourth-order valence-corrected chi connectivity index (χ4v) is 2.06. The van der Waals surface area contributed by atoms with E-state index in [4.69, 9.17) is 9.15 Å². The molecule has 0 bridgehead atoms. The molecule has 0 aliphatic rings. The molecule has 1 N–H and O–H groups in total. The minimum Gasteiger partial charge on any atom is -0.497 e. The van der Waals surface area contributed by atoms with Crippen molar-refractivity contribution in [2.24, 2.45) is 0 Å². The third-order valence-corrected chi connectivity index (χ3v) is 2.78. The molecule has 4 heteroatoms. The zero-order valence-electron chi connectivity index (χ0n) is 11.0. The first-order valence-electron chi connectivity index (χ1n) is 6.01. The molecular formula is C14H19NO3. The van der Waals surface area contributed by atoms with Gasteiger partial charge in [-0.05, 0) is 38.2 Å². The Morgan fingerprint density at radius 3 is 2.83 bits per heavy atom. The standard InChI is InChI=1S/C14H19NO3/c1-10(16)8-15(2)9-13-7-11-6-12(17-3)4-5-14(11)18-13/h4-7,10,16H,8-9H2,1-3H3. The molecule has 0 radical (unpaired) electrons. The summed E-state index contributed by atoms with van der Waals surface area (Å²) >= 11 is 0. The molecule has 0 saturated heterocycles. The van der Waals surface area contributed by atoms with Crippen molar-refractivity contribution in [2.75, 3.05) is 20.7 Å². The number of fused-ring (bicyclic) bond motifs is 1. The fourth-order valence-electron chi connectivity index (χ4n) is 2.06. The molecule has 2 aromatic rings. The van der Waals surface area contributed by atoms with E-state index in [1.54, 1.807) is 14.0 Å². The second-order valence-electron chi connectivity index (χ2n) is 4.66. The summed E-state index contributed by atoms with van der Waals surface area (Å²) in [5, 5.41) is 10.4. The van der Waals surface area contributed by atoms with Crippen molar-refractivity contribution in [1.29, 1.82) is 0 Å². The van der Waals surface area contributed by atoms with Crippen LogP contribution in [-0.2, 0) is 6.54 Å². The summed E-state index contributed by atoms with van der Waals surface area (Å²) in [5.74, 6) is 1.72. The summed E-state index contributed by atoms with van der Waals surface area (Å²) in [4.78, 5) is 2.03. The zero-order valence-corrected chi connectivity index (χ0v) is 11.0. The topological polar surface area (TPSA) is 45.8 Å². The molecule has 18 heavy (non-hydrogen) atoms. The van der Waals surface area contributed by atoms with Gasteiger partial charge in [0.2, 0.25) is 0 Å². The number of benzene rings is 1. The third kappa shape index (κ3) is 3.03. The van der Waals surface area contributed by atoms with Crippen molar-refractivity contribution >= 4 is 11.0 Å². The fraction of sp³-hybridized carbons (Fsp3) is 0.429. The van der Waals surface area contributed by atoms with E-state index in [0.29, 0.717) is 13.1 Å². The van der Waals surface area contributed by atoms with Gasteiger partial charge in [-0.1, -0.05) is 0 Å². The summed E-state index contributed by atoms with van der Waals surface area (Å²) in [6.07, 6.45) is -0.334. The molecule has 4 nitrogen and oxygen atoms in total. The van der Waals surface area contributed by atoms with Crippen LogP contribution in [-0.4, -0.2) is 36.8 Å². The number of hydrogen-bond acceptors (Lipinski definition) is 4. The lowest BCUT2D eigenvalue weighted by Gasteiger charge is -2.16. The summed E-state index contributed by atoms with van der Waals surface area (Å²) < 4.78 is 10.9. The molecule has 1 unspecified atom stereocenters. The van der Waals surface area contributed by atoms with Crippen LogP contribution in [0, 0.1) is 0 Å². The minimum atomic E-state index is -0.334. The average molecular weight is 249 g/mol. The van der Waals surface area contributed by atoms with E-state index < -0.39 is 0 Å². The second kappa shape index (κ2) is 5.42. The number of likely N-dealkylation sites (N-methyl/N-ethyl adjacent to an activating group) is 1. The number of aliphatic hydroxyl groups excluding tert-OH is 1. The van der Waals surface area contributed by atoms with Crippen molar-refractivity contribution in [2.45, 2.75) is 19.6 Å². The van der Waals surface area contributed by atoms with Gasteiger partial charge in [0.05, 0.1) is 19.8 Å². The van der Waals surface area contributed by atoms with Crippen LogP contribution in [0.3, 0.4) is 0 Å². The lowest BCUT2D eigenvalue weighted by Crippen LogP contribution is -2.26. The maximum atomic E-state index is 9.32. The Kier molecular flexibility index (Phi) is 3.89. The number of aliphatic hydroxyl groups is 1. The number of nitrogens with zero attached hydrogens (tertiary/aromatic N) is 1. The smallest absolute Gasteiger partial charge is 0.134 e. The van der Waals surface area contributed by atoms with E-state index in [-0.39, 0.29) is 6.10 Å². The van der Waals surface area contributed by atoms with Crippen LogP contribution in [0.15, 0.2) is 28.7 Å². The highest BCUT2D eigenvalue weighted by Gasteiger charge is 2.09. The van der Waals surface area contributed by atoms with Crippen molar-refractivity contribution in [1.82, 2.24) is 4.90 Å². The molecule has 0 aliphatic heterocycles. The summed E-state index contributed by atoms with van der Waals surface area (Å²) in [5.41, 5.74) is 0.858. The Morgan fingerprint density at radius 1 is 1.39 bits per heavy atom. The molecule has 0 spiro atoms. The van der Waals surface area contributed by atoms with Crippen LogP contribution in [0.2, 0.25) is 0 Å². The lowest BCUT2D eigenvalue weighted by atomic mass is 10.2. The first-order chi connectivity index (χ1) is 8.58. The first kappa shape index (κ1) is 12.9. The Hall–Kier alpha value is -1.52. The van der Waals surface area contributed by atoms with Gasteiger partial charge in [-0.15, -0.1) is 0 Å². The van der Waals surface area contributed by atoms with Gasteiger partial charge in [0.25, 0.3) is 0 Å². The van der Waals surface area contributed by atoms with Gasteiger partial charge in [-0.25, -0.2) is 0 Å². The molecule has 0 saturated carbocycles. The van der Waals surface area contributed by atoms with Crippen LogP contribution in [0.25, 0.3) is 11.0 Å². The highest BCUT2D eigenvalue weighted by atomic mass is 16.5. The maximum Gasteiger partial charge on any atom is 0.134 e. The molecular weight excluding hydrogens is 230 g/mol. The maximum absolute atomic E-state index is 9.32.